The fourth-order valence-corrected chi connectivity index (χ4v) is 0.890. The quantitative estimate of drug-likeness (QED) is 0.542. The van der Waals surface area contributed by atoms with E-state index >= 15 is 0 Å². The van der Waals surface area contributed by atoms with E-state index in [0.717, 1.165) is 0 Å². The molecule has 9 heavy (non-hydrogen) atoms. The third kappa shape index (κ3) is 5.05. The molecule has 0 unspecified atom stereocenters. The SMILES string of the molecule is CC#N.Cc1cccs1. The smallest absolute Gasteiger partial charge is 0.0587 e. The Kier molecular flexibility index (Phi) is 4.85. The molecule has 0 aliphatic heterocycles. The van der Waals surface area contributed by atoms with Gasteiger partial charge >= 0.3 is 0 Å². The molecule has 1 rings (SSSR count). The molecule has 2 heteroatoms. The number of rotatable bonds is 0. The largest absolute Gasteiger partial charge is 0.199 e. The third-order valence-electron chi connectivity index (χ3n) is 0.663. The van der Waals surface area contributed by atoms with Crippen LogP contribution < -0.4 is 0 Å². The number of hydrogen-bond acceptors (Lipinski definition) is 2. The van der Waals surface area contributed by atoms with E-state index < -0.39 is 0 Å². The van der Waals surface area contributed by atoms with Crippen LogP contribution in [0.2, 0.25) is 0 Å². The second-order valence-electron chi connectivity index (χ2n) is 1.45. The van der Waals surface area contributed by atoms with Crippen molar-refractivity contribution >= 4 is 11.3 Å². The number of thiophene rings is 1. The molecule has 1 heterocycles. The van der Waals surface area contributed by atoms with Crippen LogP contribution in [-0.4, -0.2) is 0 Å². The molecule has 0 radical (unpaired) electrons. The zero-order chi connectivity index (χ0) is 7.11. The molecule has 0 fully saturated rings. The Balaban J connectivity index is 0.000000187. The van der Waals surface area contributed by atoms with Gasteiger partial charge in [0.1, 0.15) is 0 Å². The van der Waals surface area contributed by atoms with Crippen LogP contribution in [0.4, 0.5) is 0 Å². The van der Waals surface area contributed by atoms with Gasteiger partial charge in [-0.1, -0.05) is 6.07 Å². The van der Waals surface area contributed by atoms with Gasteiger partial charge in [-0.25, -0.2) is 0 Å². The van der Waals surface area contributed by atoms with E-state index in [1.54, 1.807) is 17.4 Å². The number of aryl methyl sites for hydroxylation is 1. The van der Waals surface area contributed by atoms with Crippen molar-refractivity contribution in [2.24, 2.45) is 0 Å². The molecule has 0 N–H and O–H groups in total. The highest BCUT2D eigenvalue weighted by Crippen LogP contribution is 2.03. The summed E-state index contributed by atoms with van der Waals surface area (Å²) in [6, 6.07) is 5.91. The summed E-state index contributed by atoms with van der Waals surface area (Å²) in [6.45, 7) is 3.53. The van der Waals surface area contributed by atoms with Crippen LogP contribution in [0.3, 0.4) is 0 Å². The zero-order valence-corrected chi connectivity index (χ0v) is 6.40. The first-order valence-corrected chi connectivity index (χ1v) is 3.50. The van der Waals surface area contributed by atoms with Gasteiger partial charge < -0.3 is 0 Å². The Bertz CT molecular complexity index is 171. The Morgan fingerprint density at radius 3 is 2.33 bits per heavy atom. The van der Waals surface area contributed by atoms with Gasteiger partial charge in [0.05, 0.1) is 6.07 Å². The van der Waals surface area contributed by atoms with E-state index in [9.17, 15) is 0 Å². The van der Waals surface area contributed by atoms with E-state index in [1.807, 2.05) is 0 Å². The van der Waals surface area contributed by atoms with E-state index in [4.69, 9.17) is 5.26 Å². The van der Waals surface area contributed by atoms with E-state index in [2.05, 4.69) is 24.4 Å². The van der Waals surface area contributed by atoms with Crippen molar-refractivity contribution in [1.82, 2.24) is 0 Å². The predicted octanol–water partition coefficient (Wildman–Crippen LogP) is 2.59. The topological polar surface area (TPSA) is 23.8 Å². The van der Waals surface area contributed by atoms with Crippen LogP contribution in [0.1, 0.15) is 11.8 Å². The molecule has 48 valence electrons. The monoisotopic (exact) mass is 139 g/mol. The van der Waals surface area contributed by atoms with Crippen molar-refractivity contribution in [3.8, 4) is 6.07 Å². The zero-order valence-electron chi connectivity index (χ0n) is 5.59. The van der Waals surface area contributed by atoms with E-state index in [1.165, 1.54) is 11.8 Å². The highest BCUT2D eigenvalue weighted by molar-refractivity contribution is 7.09. The van der Waals surface area contributed by atoms with Gasteiger partial charge in [0.2, 0.25) is 0 Å². The fourth-order valence-electron chi connectivity index (χ4n) is 0.361. The Labute approximate surface area is 59.6 Å². The summed E-state index contributed by atoms with van der Waals surface area (Å²) in [5, 5.41) is 9.40. The second-order valence-corrected chi connectivity index (χ2v) is 2.60. The minimum absolute atomic E-state index is 1.38. The lowest BCUT2D eigenvalue weighted by molar-refractivity contribution is 1.49. The molecule has 0 saturated carbocycles. The molecule has 0 amide bonds. The van der Waals surface area contributed by atoms with Crippen molar-refractivity contribution < 1.29 is 0 Å². The first kappa shape index (κ1) is 8.19. The van der Waals surface area contributed by atoms with Crippen molar-refractivity contribution in [3.63, 3.8) is 0 Å². The van der Waals surface area contributed by atoms with Crippen LogP contribution in [0.15, 0.2) is 17.5 Å². The van der Waals surface area contributed by atoms with Crippen molar-refractivity contribution in [2.75, 3.05) is 0 Å². The van der Waals surface area contributed by atoms with Gasteiger partial charge in [-0.05, 0) is 18.4 Å². The standard InChI is InChI=1S/C5H6S.C2H3N/c1-5-3-2-4-6-5;1-2-3/h2-4H,1H3;1H3. The molecule has 0 aromatic carbocycles. The summed E-state index contributed by atoms with van der Waals surface area (Å²) in [6.07, 6.45) is 0. The lowest BCUT2D eigenvalue weighted by Crippen LogP contribution is -1.42. The van der Waals surface area contributed by atoms with Gasteiger partial charge in [0.25, 0.3) is 0 Å². The summed E-state index contributed by atoms with van der Waals surface area (Å²) in [5.74, 6) is 0. The highest BCUT2D eigenvalue weighted by atomic mass is 32.1. The lowest BCUT2D eigenvalue weighted by atomic mass is 10.5. The summed E-state index contributed by atoms with van der Waals surface area (Å²) < 4.78 is 0. The maximum atomic E-state index is 7.32. The van der Waals surface area contributed by atoms with Gasteiger partial charge in [0, 0.05) is 11.8 Å². The molecule has 1 aromatic heterocycles. The van der Waals surface area contributed by atoms with Crippen LogP contribution in [0.5, 0.6) is 0 Å². The average molecular weight is 139 g/mol. The molecular weight excluding hydrogens is 130 g/mol. The molecule has 1 aromatic rings. The Hall–Kier alpha value is -0.810. The van der Waals surface area contributed by atoms with Gasteiger partial charge in [-0.15, -0.1) is 11.3 Å². The highest BCUT2D eigenvalue weighted by Gasteiger charge is 1.74. The van der Waals surface area contributed by atoms with Crippen LogP contribution in [0.25, 0.3) is 0 Å². The number of nitrogens with zero attached hydrogens (tertiary/aromatic N) is 1. The van der Waals surface area contributed by atoms with Crippen molar-refractivity contribution in [2.45, 2.75) is 13.8 Å². The van der Waals surface area contributed by atoms with Crippen LogP contribution in [-0.2, 0) is 0 Å². The number of hydrogen-bond donors (Lipinski definition) is 0. The Morgan fingerprint density at radius 2 is 2.22 bits per heavy atom. The van der Waals surface area contributed by atoms with Crippen LogP contribution in [0, 0.1) is 18.3 Å². The average Bonchev–Trinajstić information content (AvgIpc) is 2.20. The molecule has 0 bridgehead atoms. The maximum Gasteiger partial charge on any atom is 0.0587 e. The molecule has 0 atom stereocenters. The summed E-state index contributed by atoms with van der Waals surface area (Å²) in [5.41, 5.74) is 0. The van der Waals surface area contributed by atoms with Crippen LogP contribution >= 0.6 is 11.3 Å². The normalized spacial score (nSPS) is 6.78. The molecule has 0 spiro atoms. The summed E-state index contributed by atoms with van der Waals surface area (Å²) >= 11 is 1.78. The van der Waals surface area contributed by atoms with Gasteiger partial charge in [0.15, 0.2) is 0 Å². The first-order chi connectivity index (χ1) is 4.31. The second kappa shape index (κ2) is 5.33. The summed E-state index contributed by atoms with van der Waals surface area (Å²) in [4.78, 5) is 1.38. The lowest BCUT2D eigenvalue weighted by Gasteiger charge is -1.65. The van der Waals surface area contributed by atoms with Gasteiger partial charge in [-0.2, -0.15) is 5.26 Å². The Morgan fingerprint density at radius 1 is 1.67 bits per heavy atom. The van der Waals surface area contributed by atoms with E-state index in [-0.39, 0.29) is 0 Å². The minimum atomic E-state index is 1.38. The number of nitriles is 1. The van der Waals surface area contributed by atoms with Gasteiger partial charge in [-0.3, -0.25) is 0 Å². The fraction of sp³-hybridized carbons (Fsp3) is 0.286. The molecule has 1 nitrogen and oxygen atoms in total. The third-order valence-corrected chi connectivity index (χ3v) is 1.46. The van der Waals surface area contributed by atoms with Crippen molar-refractivity contribution in [1.29, 1.82) is 5.26 Å². The van der Waals surface area contributed by atoms with Crippen molar-refractivity contribution in [3.05, 3.63) is 22.4 Å². The molecule has 0 saturated heterocycles. The minimum Gasteiger partial charge on any atom is -0.199 e. The van der Waals surface area contributed by atoms with E-state index in [0.29, 0.717) is 0 Å². The molecule has 0 aliphatic rings. The predicted molar refractivity (Wildman–Crippen MR) is 40.3 cm³/mol. The maximum absolute atomic E-state index is 7.32. The first-order valence-electron chi connectivity index (χ1n) is 2.62. The molecule has 0 aliphatic carbocycles. The molecular formula is C7H9NS. The summed E-state index contributed by atoms with van der Waals surface area (Å²) in [7, 11) is 0.